The van der Waals surface area contributed by atoms with Gasteiger partial charge in [-0.05, 0) is 47.1 Å². The summed E-state index contributed by atoms with van der Waals surface area (Å²) in [5.74, 6) is 0.0553. The number of rotatable bonds is 5. The summed E-state index contributed by atoms with van der Waals surface area (Å²) in [5.41, 5.74) is 7.20. The number of aliphatic imine (C=N–C) groups is 1. The molecule has 9 heteroatoms. The summed E-state index contributed by atoms with van der Waals surface area (Å²) in [6.07, 6.45) is 0.000287. The van der Waals surface area contributed by atoms with E-state index in [1.165, 1.54) is 6.07 Å². The Kier molecular flexibility index (Phi) is 5.23. The molecule has 132 valence electrons. The van der Waals surface area contributed by atoms with Gasteiger partial charge in [0.15, 0.2) is 0 Å². The SMILES string of the molecule is O=Nc1cc(Cl)ccc1CC(=O)Nc1ccc(C2=NCC(=O)NN2)cc1. The number of nitrogens with one attached hydrogen (secondary N) is 3. The van der Waals surface area contributed by atoms with Gasteiger partial charge in [0.05, 0.1) is 6.42 Å². The number of amidine groups is 1. The van der Waals surface area contributed by atoms with Crippen molar-refractivity contribution in [1.29, 1.82) is 0 Å². The average molecular weight is 372 g/mol. The predicted octanol–water partition coefficient (Wildman–Crippen LogP) is 2.30. The maximum atomic E-state index is 12.2. The van der Waals surface area contributed by atoms with Gasteiger partial charge < -0.3 is 5.32 Å². The van der Waals surface area contributed by atoms with Gasteiger partial charge in [0.2, 0.25) is 5.91 Å². The van der Waals surface area contributed by atoms with Crippen LogP contribution in [0.2, 0.25) is 5.02 Å². The molecule has 0 atom stereocenters. The Morgan fingerprint density at radius 1 is 1.19 bits per heavy atom. The van der Waals surface area contributed by atoms with Crippen LogP contribution in [0.15, 0.2) is 52.6 Å². The van der Waals surface area contributed by atoms with Gasteiger partial charge in [-0.3, -0.25) is 25.4 Å². The molecule has 1 aliphatic heterocycles. The van der Waals surface area contributed by atoms with Crippen LogP contribution in [0.4, 0.5) is 11.4 Å². The Morgan fingerprint density at radius 2 is 1.96 bits per heavy atom. The summed E-state index contributed by atoms with van der Waals surface area (Å²) in [4.78, 5) is 38.2. The second-order valence-electron chi connectivity index (χ2n) is 5.50. The van der Waals surface area contributed by atoms with E-state index in [-0.39, 0.29) is 30.5 Å². The standard InChI is InChI=1S/C17H14ClN5O3/c18-12-4-1-11(14(8-12)23-26)7-15(24)20-13-5-2-10(3-6-13)17-19-9-16(25)21-22-17/h1-6,8H,7,9H2,(H,19,22)(H,20,24)(H,21,25). The molecule has 0 bridgehead atoms. The molecule has 2 aromatic carbocycles. The van der Waals surface area contributed by atoms with Gasteiger partial charge in [-0.1, -0.05) is 17.7 Å². The number of nitrogens with zero attached hydrogens (tertiary/aromatic N) is 2. The number of anilines is 1. The number of halogens is 1. The van der Waals surface area contributed by atoms with Gasteiger partial charge >= 0.3 is 0 Å². The van der Waals surface area contributed by atoms with Crippen molar-refractivity contribution in [3.8, 4) is 0 Å². The number of hydrogen-bond acceptors (Lipinski definition) is 6. The smallest absolute Gasteiger partial charge is 0.260 e. The van der Waals surface area contributed by atoms with Crippen molar-refractivity contribution in [2.45, 2.75) is 6.42 Å². The first-order chi connectivity index (χ1) is 12.5. The molecule has 3 rings (SSSR count). The van der Waals surface area contributed by atoms with Gasteiger partial charge in [-0.25, -0.2) is 0 Å². The van der Waals surface area contributed by atoms with E-state index in [0.717, 1.165) is 5.56 Å². The molecule has 0 saturated heterocycles. The molecule has 26 heavy (non-hydrogen) atoms. The maximum Gasteiger partial charge on any atom is 0.260 e. The second kappa shape index (κ2) is 7.75. The van der Waals surface area contributed by atoms with E-state index in [0.29, 0.717) is 22.1 Å². The fraction of sp³-hybridized carbons (Fsp3) is 0.118. The van der Waals surface area contributed by atoms with Crippen molar-refractivity contribution in [1.82, 2.24) is 10.9 Å². The van der Waals surface area contributed by atoms with Crippen molar-refractivity contribution in [3.05, 3.63) is 63.5 Å². The highest BCUT2D eigenvalue weighted by Crippen LogP contribution is 2.24. The number of hydrogen-bond donors (Lipinski definition) is 3. The summed E-state index contributed by atoms with van der Waals surface area (Å²) < 4.78 is 0. The van der Waals surface area contributed by atoms with Gasteiger partial charge in [0.25, 0.3) is 5.91 Å². The highest BCUT2D eigenvalue weighted by atomic mass is 35.5. The first kappa shape index (κ1) is 17.6. The number of carbonyl (C=O) groups is 2. The zero-order valence-corrected chi connectivity index (χ0v) is 14.2. The fourth-order valence-corrected chi connectivity index (χ4v) is 2.55. The normalized spacial score (nSPS) is 13.3. The highest BCUT2D eigenvalue weighted by molar-refractivity contribution is 6.30. The molecule has 1 heterocycles. The molecule has 0 unspecified atom stereocenters. The number of carbonyl (C=O) groups excluding carboxylic acids is 2. The van der Waals surface area contributed by atoms with Gasteiger partial charge in [-0.2, -0.15) is 0 Å². The zero-order valence-electron chi connectivity index (χ0n) is 13.5. The van der Waals surface area contributed by atoms with Crippen molar-refractivity contribution < 1.29 is 9.59 Å². The Morgan fingerprint density at radius 3 is 2.62 bits per heavy atom. The van der Waals surface area contributed by atoms with Crippen LogP contribution in [0.5, 0.6) is 0 Å². The number of amides is 2. The van der Waals surface area contributed by atoms with Gasteiger partial charge in [0.1, 0.15) is 18.1 Å². The minimum atomic E-state index is -0.287. The Bertz CT molecular complexity index is 896. The summed E-state index contributed by atoms with van der Waals surface area (Å²) >= 11 is 5.81. The molecular formula is C17H14ClN5O3. The van der Waals surface area contributed by atoms with Crippen LogP contribution in [0.1, 0.15) is 11.1 Å². The average Bonchev–Trinajstić information content (AvgIpc) is 2.64. The minimum absolute atomic E-state index is 0.000287. The van der Waals surface area contributed by atoms with Crippen LogP contribution < -0.4 is 16.2 Å². The Labute approximate surface area is 153 Å². The molecular weight excluding hydrogens is 358 g/mol. The lowest BCUT2D eigenvalue weighted by Crippen LogP contribution is -2.47. The first-order valence-electron chi connectivity index (χ1n) is 7.66. The predicted molar refractivity (Wildman–Crippen MR) is 98.4 cm³/mol. The van der Waals surface area contributed by atoms with Crippen LogP contribution in [0, 0.1) is 4.91 Å². The molecule has 2 amide bonds. The van der Waals surface area contributed by atoms with Gasteiger partial charge in [-0.15, -0.1) is 4.91 Å². The molecule has 0 saturated carbocycles. The number of nitroso groups, excluding NO2 is 1. The third-order valence-electron chi connectivity index (χ3n) is 3.64. The van der Waals surface area contributed by atoms with Crippen molar-refractivity contribution >= 4 is 40.6 Å². The van der Waals surface area contributed by atoms with E-state index >= 15 is 0 Å². The van der Waals surface area contributed by atoms with E-state index in [1.807, 2.05) is 0 Å². The minimum Gasteiger partial charge on any atom is -0.326 e. The molecule has 0 fully saturated rings. The molecule has 2 aromatic rings. The lowest BCUT2D eigenvalue weighted by Gasteiger charge is -2.15. The number of benzene rings is 2. The molecule has 8 nitrogen and oxygen atoms in total. The van der Waals surface area contributed by atoms with Crippen LogP contribution in [0.3, 0.4) is 0 Å². The lowest BCUT2D eigenvalue weighted by molar-refractivity contribution is -0.120. The van der Waals surface area contributed by atoms with E-state index in [9.17, 15) is 14.5 Å². The van der Waals surface area contributed by atoms with Crippen LogP contribution in [0.25, 0.3) is 0 Å². The van der Waals surface area contributed by atoms with E-state index in [1.54, 1.807) is 36.4 Å². The quantitative estimate of drug-likeness (QED) is 0.700. The molecule has 0 aliphatic carbocycles. The van der Waals surface area contributed by atoms with Crippen molar-refractivity contribution in [3.63, 3.8) is 0 Å². The molecule has 3 N–H and O–H groups in total. The summed E-state index contributed by atoms with van der Waals surface area (Å²) in [6.45, 7) is 0.0645. The summed E-state index contributed by atoms with van der Waals surface area (Å²) in [5, 5.41) is 6.03. The second-order valence-corrected chi connectivity index (χ2v) is 5.94. The molecule has 1 aliphatic rings. The Hall–Kier alpha value is -3.26. The van der Waals surface area contributed by atoms with E-state index in [4.69, 9.17) is 11.6 Å². The summed E-state index contributed by atoms with van der Waals surface area (Å²) in [6, 6.07) is 11.6. The first-order valence-corrected chi connectivity index (χ1v) is 8.04. The third-order valence-corrected chi connectivity index (χ3v) is 3.87. The maximum absolute atomic E-state index is 12.2. The largest absolute Gasteiger partial charge is 0.326 e. The van der Waals surface area contributed by atoms with Gasteiger partial charge in [0, 0.05) is 16.3 Å². The zero-order chi connectivity index (χ0) is 18.5. The molecule has 0 radical (unpaired) electrons. The fourth-order valence-electron chi connectivity index (χ4n) is 2.38. The third kappa shape index (κ3) is 4.22. The Balaban J connectivity index is 1.65. The number of hydrazine groups is 1. The van der Waals surface area contributed by atoms with E-state index in [2.05, 4.69) is 26.3 Å². The molecule has 0 aromatic heterocycles. The van der Waals surface area contributed by atoms with Crippen LogP contribution in [-0.2, 0) is 16.0 Å². The van der Waals surface area contributed by atoms with Crippen molar-refractivity contribution in [2.24, 2.45) is 10.2 Å². The summed E-state index contributed by atoms with van der Waals surface area (Å²) in [7, 11) is 0. The van der Waals surface area contributed by atoms with Crippen LogP contribution >= 0.6 is 11.6 Å². The lowest BCUT2D eigenvalue weighted by atomic mass is 10.1. The monoisotopic (exact) mass is 371 g/mol. The molecule has 0 spiro atoms. The van der Waals surface area contributed by atoms with Crippen LogP contribution in [-0.4, -0.2) is 24.2 Å². The van der Waals surface area contributed by atoms with Crippen molar-refractivity contribution in [2.75, 3.05) is 11.9 Å². The van der Waals surface area contributed by atoms with E-state index < -0.39 is 0 Å². The highest BCUT2D eigenvalue weighted by Gasteiger charge is 2.13. The topological polar surface area (TPSA) is 112 Å².